The first-order valence-corrected chi connectivity index (χ1v) is 20.9. The van der Waals surface area contributed by atoms with E-state index in [4.69, 9.17) is 12.2 Å². The number of carbonyl (C=O) groups is 1. The van der Waals surface area contributed by atoms with E-state index in [0.29, 0.717) is 5.69 Å². The van der Waals surface area contributed by atoms with Crippen molar-refractivity contribution in [1.82, 2.24) is 9.44 Å². The maximum absolute atomic E-state index is 14.2. The van der Waals surface area contributed by atoms with Crippen molar-refractivity contribution in [3.05, 3.63) is 119 Å². The molecule has 4 aromatic rings. The topological polar surface area (TPSA) is 133 Å². The number of amides is 1. The van der Waals surface area contributed by atoms with Gasteiger partial charge in [-0.1, -0.05) is 50.7 Å². The number of anilines is 2. The quantitative estimate of drug-likeness (QED) is 0.0939. The molecule has 0 radical (unpaired) electrons. The van der Waals surface area contributed by atoms with E-state index >= 15 is 0 Å². The van der Waals surface area contributed by atoms with Crippen molar-refractivity contribution in [2.75, 3.05) is 10.6 Å². The predicted molar refractivity (Wildman–Crippen MR) is 203 cm³/mol. The van der Waals surface area contributed by atoms with Crippen LogP contribution in [0.25, 0.3) is 0 Å². The summed E-state index contributed by atoms with van der Waals surface area (Å²) < 4.78 is 110. The fourth-order valence-electron chi connectivity index (χ4n) is 6.17. The van der Waals surface area contributed by atoms with Gasteiger partial charge in [-0.2, -0.15) is 0 Å². The van der Waals surface area contributed by atoms with Crippen LogP contribution in [0.5, 0.6) is 0 Å². The second-order valence-electron chi connectivity index (χ2n) is 13.1. The number of benzene rings is 4. The molecule has 0 atom stereocenters. The van der Waals surface area contributed by atoms with Crippen molar-refractivity contribution in [2.45, 2.75) is 86.1 Å². The van der Waals surface area contributed by atoms with E-state index in [0.717, 1.165) is 101 Å². The lowest BCUT2D eigenvalue weighted by atomic mass is 9.96. The van der Waals surface area contributed by atoms with Crippen LogP contribution in [0.15, 0.2) is 94.7 Å². The Kier molecular flexibility index (Phi) is 14.0. The molecular formula is C38H40F4N4O5S3. The van der Waals surface area contributed by atoms with Gasteiger partial charge in [0.2, 0.25) is 20.0 Å². The summed E-state index contributed by atoms with van der Waals surface area (Å²) >= 11 is 5.21. The van der Waals surface area contributed by atoms with Gasteiger partial charge >= 0.3 is 0 Å². The number of nitrogens with one attached hydrogen (secondary N) is 4. The lowest BCUT2D eigenvalue weighted by Gasteiger charge is -2.22. The zero-order valence-electron chi connectivity index (χ0n) is 29.1. The molecule has 0 aliphatic heterocycles. The number of sulfonamides is 2. The molecule has 2 saturated carbocycles. The molecule has 2 fully saturated rings. The molecule has 0 unspecified atom stereocenters. The van der Waals surface area contributed by atoms with Gasteiger partial charge in [-0.05, 0) is 111 Å². The highest BCUT2D eigenvalue weighted by atomic mass is 32.2. The second kappa shape index (κ2) is 18.4. The second-order valence-corrected chi connectivity index (χ2v) is 17.0. The van der Waals surface area contributed by atoms with Crippen molar-refractivity contribution in [3.8, 4) is 0 Å². The monoisotopic (exact) mass is 804 g/mol. The molecule has 0 spiro atoms. The third-order valence-electron chi connectivity index (χ3n) is 9.04. The van der Waals surface area contributed by atoms with Gasteiger partial charge in [0, 0.05) is 29.0 Å². The highest BCUT2D eigenvalue weighted by Crippen LogP contribution is 2.24. The van der Waals surface area contributed by atoms with Crippen LogP contribution in [0.2, 0.25) is 0 Å². The Labute approximate surface area is 318 Å². The summed E-state index contributed by atoms with van der Waals surface area (Å²) in [6.45, 7) is 0. The molecule has 288 valence electrons. The smallest absolute Gasteiger partial charge is 0.258 e. The lowest BCUT2D eigenvalue weighted by molar-refractivity contribution is 0.102. The van der Waals surface area contributed by atoms with Crippen molar-refractivity contribution < 1.29 is 39.2 Å². The van der Waals surface area contributed by atoms with Gasteiger partial charge in [-0.25, -0.2) is 43.8 Å². The van der Waals surface area contributed by atoms with Crippen LogP contribution < -0.4 is 20.1 Å². The zero-order chi connectivity index (χ0) is 38.9. The summed E-state index contributed by atoms with van der Waals surface area (Å²) in [7, 11) is -7.62. The average molecular weight is 805 g/mol. The van der Waals surface area contributed by atoms with Crippen molar-refractivity contribution in [1.29, 1.82) is 0 Å². The SMILES string of the molecule is O=C(Nc1ccc(F)cc1)c1cc(S(=O)(=O)NC2CCCCC2)ccc1F.O=S(=O)(NC1CCCCC1)c1ccc(F)c(C(=S)Nc2ccc(F)cc2)c1. The molecule has 0 saturated heterocycles. The van der Waals surface area contributed by atoms with Gasteiger partial charge in [0.15, 0.2) is 0 Å². The third-order valence-corrected chi connectivity index (χ3v) is 12.4. The minimum Gasteiger partial charge on any atom is -0.346 e. The summed E-state index contributed by atoms with van der Waals surface area (Å²) in [6.07, 6.45) is 9.24. The first kappa shape index (κ1) is 41.0. The molecule has 4 aromatic carbocycles. The van der Waals surface area contributed by atoms with Crippen LogP contribution in [-0.2, 0) is 20.0 Å². The highest BCUT2D eigenvalue weighted by Gasteiger charge is 2.25. The lowest BCUT2D eigenvalue weighted by Crippen LogP contribution is -2.36. The van der Waals surface area contributed by atoms with Gasteiger partial charge in [0.1, 0.15) is 28.3 Å². The summed E-state index contributed by atoms with van der Waals surface area (Å²) in [6, 6.07) is 16.8. The van der Waals surface area contributed by atoms with Crippen LogP contribution in [0.3, 0.4) is 0 Å². The third kappa shape index (κ3) is 11.4. The van der Waals surface area contributed by atoms with Gasteiger partial charge < -0.3 is 10.6 Å². The number of carbonyl (C=O) groups excluding carboxylic acids is 1. The van der Waals surface area contributed by atoms with E-state index in [2.05, 4.69) is 20.1 Å². The number of halogens is 4. The van der Waals surface area contributed by atoms with Gasteiger partial charge in [0.25, 0.3) is 5.91 Å². The van der Waals surface area contributed by atoms with E-state index in [9.17, 15) is 39.2 Å². The first-order chi connectivity index (χ1) is 25.7. The Bertz CT molecular complexity index is 2010. The van der Waals surface area contributed by atoms with Crippen molar-refractivity contribution in [2.24, 2.45) is 0 Å². The van der Waals surface area contributed by atoms with E-state index in [1.54, 1.807) is 0 Å². The van der Waals surface area contributed by atoms with E-state index < -0.39 is 54.8 Å². The summed E-state index contributed by atoms with van der Waals surface area (Å²) in [4.78, 5) is 12.1. The Hall–Kier alpha value is -4.22. The molecule has 16 heteroatoms. The Morgan fingerprint density at radius 2 is 0.926 bits per heavy atom. The molecular weight excluding hydrogens is 765 g/mol. The minimum absolute atomic E-state index is 0.0221. The van der Waals surface area contributed by atoms with Crippen LogP contribution >= 0.6 is 12.2 Å². The first-order valence-electron chi connectivity index (χ1n) is 17.5. The Balaban J connectivity index is 0.000000208. The number of rotatable bonds is 10. The van der Waals surface area contributed by atoms with E-state index in [1.165, 1.54) is 48.5 Å². The molecule has 2 aliphatic carbocycles. The molecule has 4 N–H and O–H groups in total. The molecule has 0 heterocycles. The molecule has 1 amide bonds. The highest BCUT2D eigenvalue weighted by molar-refractivity contribution is 7.89. The largest absolute Gasteiger partial charge is 0.346 e. The molecule has 2 aliphatic rings. The predicted octanol–water partition coefficient (Wildman–Crippen LogP) is 8.19. The number of hydrogen-bond donors (Lipinski definition) is 4. The summed E-state index contributed by atoms with van der Waals surface area (Å²) in [5, 5.41) is 5.22. The molecule has 0 bridgehead atoms. The molecule has 54 heavy (non-hydrogen) atoms. The van der Waals surface area contributed by atoms with Gasteiger partial charge in [-0.3, -0.25) is 4.79 Å². The minimum atomic E-state index is -3.86. The molecule has 0 aromatic heterocycles. The van der Waals surface area contributed by atoms with E-state index in [1.807, 2.05) is 0 Å². The standard InChI is InChI=1S/C19H20F2N2O3S.C19H20F2N2O2S2/c20-13-6-8-14(9-7-13)22-19(24)17-12-16(10-11-18(17)21)27(25,26)23-15-4-2-1-3-5-15;20-13-6-8-14(9-7-13)22-19(26)17-12-16(10-11-18(17)21)27(24,25)23-15-4-2-1-3-5-15/h6-12,15,23H,1-5H2,(H,22,24);6-12,15,23H,1-5H2,(H,22,26). The normalized spacial score (nSPS) is 15.5. The van der Waals surface area contributed by atoms with Crippen molar-refractivity contribution >= 4 is 54.5 Å². The Morgan fingerprint density at radius 3 is 1.37 bits per heavy atom. The van der Waals surface area contributed by atoms with Gasteiger partial charge in [0.05, 0.1) is 15.4 Å². The van der Waals surface area contributed by atoms with Gasteiger partial charge in [-0.15, -0.1) is 0 Å². The summed E-state index contributed by atoms with van der Waals surface area (Å²) in [5.41, 5.74) is 0.329. The zero-order valence-corrected chi connectivity index (χ0v) is 31.5. The fraction of sp³-hybridized carbons (Fsp3) is 0.316. The maximum Gasteiger partial charge on any atom is 0.258 e. The van der Waals surface area contributed by atoms with Crippen LogP contribution in [0.4, 0.5) is 28.9 Å². The van der Waals surface area contributed by atoms with Crippen LogP contribution in [0.1, 0.15) is 80.1 Å². The van der Waals surface area contributed by atoms with Crippen LogP contribution in [0, 0.1) is 23.3 Å². The molecule has 9 nitrogen and oxygen atoms in total. The fourth-order valence-corrected chi connectivity index (χ4v) is 9.11. The number of hydrogen-bond acceptors (Lipinski definition) is 6. The van der Waals surface area contributed by atoms with Crippen molar-refractivity contribution in [3.63, 3.8) is 0 Å². The number of thiocarbonyl (C=S) groups is 1. The maximum atomic E-state index is 14.2. The van der Waals surface area contributed by atoms with Crippen LogP contribution in [-0.4, -0.2) is 39.8 Å². The summed E-state index contributed by atoms with van der Waals surface area (Å²) in [5.74, 6) is -3.16. The Morgan fingerprint density at radius 1 is 0.537 bits per heavy atom. The van der Waals surface area contributed by atoms with E-state index in [-0.39, 0.29) is 38.1 Å². The molecule has 6 rings (SSSR count). The average Bonchev–Trinajstić information content (AvgIpc) is 3.14.